The van der Waals surface area contributed by atoms with E-state index in [0.29, 0.717) is 13.0 Å². The summed E-state index contributed by atoms with van der Waals surface area (Å²) in [6, 6.07) is 0. The summed E-state index contributed by atoms with van der Waals surface area (Å²) in [7, 11) is 0. The van der Waals surface area contributed by atoms with Gasteiger partial charge in [0.2, 0.25) is 0 Å². The van der Waals surface area contributed by atoms with Crippen LogP contribution in [0.3, 0.4) is 0 Å². The van der Waals surface area contributed by atoms with Gasteiger partial charge in [0.1, 0.15) is 6.10 Å². The minimum absolute atomic E-state index is 0.179. The van der Waals surface area contributed by atoms with E-state index in [1.807, 2.05) is 0 Å². The van der Waals surface area contributed by atoms with Crippen molar-refractivity contribution in [1.29, 1.82) is 0 Å². The summed E-state index contributed by atoms with van der Waals surface area (Å²) in [6.45, 7) is 5.23. The fourth-order valence-corrected chi connectivity index (χ4v) is 6.43. The van der Waals surface area contributed by atoms with Gasteiger partial charge in [-0.15, -0.1) is 0 Å². The molecule has 4 nitrogen and oxygen atoms in total. The summed E-state index contributed by atoms with van der Waals surface area (Å²) in [4.78, 5) is 12.2. The highest BCUT2D eigenvalue weighted by Gasteiger charge is 2.13. The van der Waals surface area contributed by atoms with Gasteiger partial charge in [-0.1, -0.05) is 197 Å². The highest BCUT2D eigenvalue weighted by molar-refractivity contribution is 5.69. The minimum Gasteiger partial charge on any atom is -0.457 e. The zero-order valence-corrected chi connectivity index (χ0v) is 35.3. The molecule has 0 spiro atoms. The van der Waals surface area contributed by atoms with Crippen LogP contribution in [0.5, 0.6) is 0 Å². The molecule has 1 unspecified atom stereocenters. The lowest BCUT2D eigenvalue weighted by molar-refractivity contribution is -0.154. The van der Waals surface area contributed by atoms with E-state index >= 15 is 0 Å². The van der Waals surface area contributed by atoms with Crippen molar-refractivity contribution in [3.63, 3.8) is 0 Å². The first-order chi connectivity index (χ1) is 26.2. The van der Waals surface area contributed by atoms with Gasteiger partial charge in [0.05, 0.1) is 13.2 Å². The summed E-state index contributed by atoms with van der Waals surface area (Å²) >= 11 is 0. The number of ether oxygens (including phenoxy) is 2. The number of carbonyl (C=O) groups is 1. The Labute approximate surface area is 330 Å². The lowest BCUT2D eigenvalue weighted by atomic mass is 10.1. The normalized spacial score (nSPS) is 12.9. The Morgan fingerprint density at radius 2 is 0.849 bits per heavy atom. The topological polar surface area (TPSA) is 55.8 Å². The van der Waals surface area contributed by atoms with Crippen molar-refractivity contribution in [3.05, 3.63) is 60.8 Å². The number of esters is 1. The van der Waals surface area contributed by atoms with E-state index in [1.54, 1.807) is 0 Å². The van der Waals surface area contributed by atoms with Crippen LogP contribution in [-0.4, -0.2) is 37.0 Å². The van der Waals surface area contributed by atoms with Crippen molar-refractivity contribution in [2.24, 2.45) is 0 Å². The molecule has 0 aliphatic rings. The highest BCUT2D eigenvalue weighted by atomic mass is 16.6. The molecule has 0 heterocycles. The third-order valence-electron chi connectivity index (χ3n) is 9.83. The summed E-state index contributed by atoms with van der Waals surface area (Å²) in [5, 5.41) is 9.62. The second-order valence-corrected chi connectivity index (χ2v) is 15.1. The van der Waals surface area contributed by atoms with Crippen LogP contribution in [0.4, 0.5) is 0 Å². The molecule has 53 heavy (non-hydrogen) atoms. The molecular formula is C49H88O4. The molecule has 0 fully saturated rings. The van der Waals surface area contributed by atoms with Crippen LogP contribution < -0.4 is 0 Å². The number of unbranched alkanes of at least 4 members (excludes halogenated alkanes) is 24. The average Bonchev–Trinajstić information content (AvgIpc) is 3.16. The maximum atomic E-state index is 12.2. The third-order valence-corrected chi connectivity index (χ3v) is 9.83. The number of carbonyl (C=O) groups excluding carboxylic acids is 1. The summed E-state index contributed by atoms with van der Waals surface area (Å²) in [5.41, 5.74) is 0. The zero-order chi connectivity index (χ0) is 38.4. The van der Waals surface area contributed by atoms with Crippen LogP contribution in [0.25, 0.3) is 0 Å². The number of aliphatic hydroxyl groups is 1. The van der Waals surface area contributed by atoms with E-state index in [1.165, 1.54) is 141 Å². The van der Waals surface area contributed by atoms with E-state index in [4.69, 9.17) is 9.47 Å². The Hall–Kier alpha value is -1.91. The van der Waals surface area contributed by atoms with Gasteiger partial charge >= 0.3 is 5.97 Å². The Morgan fingerprint density at radius 1 is 0.472 bits per heavy atom. The lowest BCUT2D eigenvalue weighted by Gasteiger charge is -2.15. The van der Waals surface area contributed by atoms with Gasteiger partial charge < -0.3 is 14.6 Å². The van der Waals surface area contributed by atoms with E-state index in [-0.39, 0.29) is 19.2 Å². The Bertz CT molecular complexity index is 870. The van der Waals surface area contributed by atoms with E-state index in [2.05, 4.69) is 74.6 Å². The molecule has 0 aromatic rings. The van der Waals surface area contributed by atoms with Gasteiger partial charge in [-0.25, -0.2) is 0 Å². The second-order valence-electron chi connectivity index (χ2n) is 15.1. The quantitative estimate of drug-likeness (QED) is 0.0385. The van der Waals surface area contributed by atoms with Crippen molar-refractivity contribution < 1.29 is 19.4 Å². The number of rotatable bonds is 42. The molecule has 0 radical (unpaired) electrons. The Kier molecular flexibility index (Phi) is 44.6. The molecule has 1 N–H and O–H groups in total. The van der Waals surface area contributed by atoms with Gasteiger partial charge in [-0.3, -0.25) is 4.79 Å². The van der Waals surface area contributed by atoms with Crippen LogP contribution in [0.1, 0.15) is 219 Å². The van der Waals surface area contributed by atoms with Gasteiger partial charge in [0, 0.05) is 13.0 Å². The van der Waals surface area contributed by atoms with Crippen LogP contribution in [0.2, 0.25) is 0 Å². The molecule has 0 saturated carbocycles. The predicted molar refractivity (Wildman–Crippen MR) is 233 cm³/mol. The first-order valence-corrected chi connectivity index (χ1v) is 22.9. The van der Waals surface area contributed by atoms with Gasteiger partial charge in [0.25, 0.3) is 0 Å². The molecule has 0 bridgehead atoms. The smallest absolute Gasteiger partial charge is 0.306 e. The monoisotopic (exact) mass is 741 g/mol. The number of hydrogen-bond acceptors (Lipinski definition) is 4. The summed E-state index contributed by atoms with van der Waals surface area (Å²) in [5.74, 6) is -0.215. The van der Waals surface area contributed by atoms with Crippen molar-refractivity contribution in [3.8, 4) is 0 Å². The molecule has 0 aromatic heterocycles. The first-order valence-electron chi connectivity index (χ1n) is 22.9. The molecule has 308 valence electrons. The van der Waals surface area contributed by atoms with Crippen LogP contribution in [0, 0.1) is 0 Å². The molecular weight excluding hydrogens is 653 g/mol. The predicted octanol–water partition coefficient (Wildman–Crippen LogP) is 15.2. The van der Waals surface area contributed by atoms with Crippen molar-refractivity contribution in [2.45, 2.75) is 225 Å². The third kappa shape index (κ3) is 44.4. The number of aliphatic hydroxyl groups excluding tert-OH is 1. The van der Waals surface area contributed by atoms with Gasteiger partial charge in [0.15, 0.2) is 0 Å². The largest absolute Gasteiger partial charge is 0.457 e. The second kappa shape index (κ2) is 46.2. The van der Waals surface area contributed by atoms with Crippen molar-refractivity contribution >= 4 is 5.97 Å². The molecule has 0 rings (SSSR count). The fraction of sp³-hybridized carbons (Fsp3) is 0.776. The number of hydrogen-bond donors (Lipinski definition) is 1. The molecule has 0 aromatic carbocycles. The SMILES string of the molecule is CC/C=C\C/C=C\C/C=C\C/C=C\CCCCCCCCC(=O)OC(CO)COCCCCCCCCCCCC/C=C\CCCCCCCCCC. The Morgan fingerprint density at radius 3 is 1.30 bits per heavy atom. The van der Waals surface area contributed by atoms with E-state index in [0.717, 1.165) is 57.8 Å². The first kappa shape index (κ1) is 51.1. The summed E-state index contributed by atoms with van der Waals surface area (Å²) in [6.07, 6.45) is 61.5. The fourth-order valence-electron chi connectivity index (χ4n) is 6.43. The van der Waals surface area contributed by atoms with Gasteiger partial charge in [-0.2, -0.15) is 0 Å². The van der Waals surface area contributed by atoms with Crippen LogP contribution in [-0.2, 0) is 14.3 Å². The number of allylic oxidation sites excluding steroid dienone is 10. The Balaban J connectivity index is 3.45. The lowest BCUT2D eigenvalue weighted by Crippen LogP contribution is -2.27. The van der Waals surface area contributed by atoms with Crippen molar-refractivity contribution in [1.82, 2.24) is 0 Å². The molecule has 4 heteroatoms. The van der Waals surface area contributed by atoms with Crippen molar-refractivity contribution in [2.75, 3.05) is 19.8 Å². The molecule has 0 aliphatic heterocycles. The zero-order valence-electron chi connectivity index (χ0n) is 35.3. The van der Waals surface area contributed by atoms with E-state index in [9.17, 15) is 9.90 Å². The summed E-state index contributed by atoms with van der Waals surface area (Å²) < 4.78 is 11.2. The van der Waals surface area contributed by atoms with Gasteiger partial charge in [-0.05, 0) is 77.0 Å². The highest BCUT2D eigenvalue weighted by Crippen LogP contribution is 2.14. The molecule has 0 saturated heterocycles. The van der Waals surface area contributed by atoms with Crippen LogP contribution >= 0.6 is 0 Å². The molecule has 1 atom stereocenters. The maximum absolute atomic E-state index is 12.2. The van der Waals surface area contributed by atoms with Crippen LogP contribution in [0.15, 0.2) is 60.8 Å². The average molecular weight is 741 g/mol. The van der Waals surface area contributed by atoms with E-state index < -0.39 is 6.10 Å². The standard InChI is InChI=1S/C49H88O4/c1-3-5-7-9-11-13-15-17-19-21-23-24-25-27-29-31-33-35-37-39-41-43-45-52-47-48(46-50)53-49(51)44-42-40-38-36-34-32-30-28-26-22-20-18-16-14-12-10-8-6-4-2/h6,8,12,14,18,20-21,23,26,28,48,50H,3-5,7,9-11,13,15-17,19,22,24-25,27,29-47H2,1-2H3/b8-6-,14-12-,20-18-,23-21-,28-26-. The maximum Gasteiger partial charge on any atom is 0.306 e. The molecule has 0 aliphatic carbocycles. The minimum atomic E-state index is -0.545. The molecule has 0 amide bonds.